The molecule has 0 atom stereocenters. The molecule has 2 N–H and O–H groups in total. The number of rotatable bonds is 3. The summed E-state index contributed by atoms with van der Waals surface area (Å²) >= 11 is 3.51. The van der Waals surface area contributed by atoms with Gasteiger partial charge in [-0.05, 0) is 72.9 Å². The standard InChI is InChI=1S/C15H21BrN2O/c1-3-15(6-8-17-9-7-15)14(19)18-13-5-4-11(2)10-12(13)16/h4-5,10,17H,3,6-9H2,1-2H3,(H,18,19). The summed E-state index contributed by atoms with van der Waals surface area (Å²) in [5.74, 6) is 0.154. The van der Waals surface area contributed by atoms with Gasteiger partial charge >= 0.3 is 0 Å². The number of piperidine rings is 1. The van der Waals surface area contributed by atoms with Crippen molar-refractivity contribution in [3.8, 4) is 0 Å². The fourth-order valence-corrected chi connectivity index (χ4v) is 3.22. The van der Waals surface area contributed by atoms with Gasteiger partial charge in [0.05, 0.1) is 11.1 Å². The maximum absolute atomic E-state index is 12.6. The number of amides is 1. The van der Waals surface area contributed by atoms with Crippen LogP contribution in [0, 0.1) is 12.3 Å². The predicted octanol–water partition coefficient (Wildman–Crippen LogP) is 3.48. The Kier molecular flexibility index (Phi) is 4.63. The first-order valence-electron chi connectivity index (χ1n) is 6.86. The van der Waals surface area contributed by atoms with Gasteiger partial charge in [0, 0.05) is 4.47 Å². The van der Waals surface area contributed by atoms with Crippen LogP contribution in [0.25, 0.3) is 0 Å². The fourth-order valence-electron chi connectivity index (χ4n) is 2.62. The highest BCUT2D eigenvalue weighted by molar-refractivity contribution is 9.10. The van der Waals surface area contributed by atoms with Gasteiger partial charge in [0.25, 0.3) is 0 Å². The van der Waals surface area contributed by atoms with E-state index in [1.54, 1.807) is 0 Å². The van der Waals surface area contributed by atoms with E-state index in [-0.39, 0.29) is 11.3 Å². The molecule has 104 valence electrons. The lowest BCUT2D eigenvalue weighted by Gasteiger charge is -2.35. The average molecular weight is 325 g/mol. The molecular weight excluding hydrogens is 304 g/mol. The van der Waals surface area contributed by atoms with Gasteiger partial charge in [-0.15, -0.1) is 0 Å². The van der Waals surface area contributed by atoms with Crippen molar-refractivity contribution in [2.45, 2.75) is 33.1 Å². The van der Waals surface area contributed by atoms with Crippen LogP contribution in [0.4, 0.5) is 5.69 Å². The van der Waals surface area contributed by atoms with Crippen LogP contribution in [-0.4, -0.2) is 19.0 Å². The zero-order valence-electron chi connectivity index (χ0n) is 11.6. The van der Waals surface area contributed by atoms with E-state index < -0.39 is 0 Å². The van der Waals surface area contributed by atoms with Crippen LogP contribution < -0.4 is 10.6 Å². The maximum atomic E-state index is 12.6. The van der Waals surface area contributed by atoms with Gasteiger partial charge < -0.3 is 10.6 Å². The molecule has 4 heteroatoms. The van der Waals surface area contributed by atoms with Crippen molar-refractivity contribution >= 4 is 27.5 Å². The van der Waals surface area contributed by atoms with Crippen LogP contribution in [0.2, 0.25) is 0 Å². The summed E-state index contributed by atoms with van der Waals surface area (Å²) in [6, 6.07) is 6.00. The molecule has 0 unspecified atom stereocenters. The molecule has 0 aliphatic carbocycles. The van der Waals surface area contributed by atoms with Crippen molar-refractivity contribution in [3.05, 3.63) is 28.2 Å². The zero-order chi connectivity index (χ0) is 13.9. The second kappa shape index (κ2) is 6.06. The van der Waals surface area contributed by atoms with Crippen molar-refractivity contribution in [2.75, 3.05) is 18.4 Å². The number of carbonyl (C=O) groups excluding carboxylic acids is 1. The summed E-state index contributed by atoms with van der Waals surface area (Å²) in [6.45, 7) is 6.00. The smallest absolute Gasteiger partial charge is 0.230 e. The van der Waals surface area contributed by atoms with E-state index in [1.807, 2.05) is 25.1 Å². The number of hydrogen-bond donors (Lipinski definition) is 2. The van der Waals surface area contributed by atoms with Crippen LogP contribution >= 0.6 is 15.9 Å². The molecule has 1 aliphatic rings. The minimum atomic E-state index is -0.213. The summed E-state index contributed by atoms with van der Waals surface area (Å²) < 4.78 is 0.945. The third-order valence-corrected chi connectivity index (χ3v) is 4.75. The number of nitrogens with one attached hydrogen (secondary N) is 2. The topological polar surface area (TPSA) is 41.1 Å². The van der Waals surface area contributed by atoms with Gasteiger partial charge in [0.1, 0.15) is 0 Å². The second-order valence-corrected chi connectivity index (χ2v) is 6.18. The zero-order valence-corrected chi connectivity index (χ0v) is 13.1. The monoisotopic (exact) mass is 324 g/mol. The lowest BCUT2D eigenvalue weighted by molar-refractivity contribution is -0.127. The first-order chi connectivity index (χ1) is 9.07. The molecule has 1 heterocycles. The summed E-state index contributed by atoms with van der Waals surface area (Å²) in [5.41, 5.74) is 1.83. The Labute approximate surface area is 123 Å². The Morgan fingerprint density at radius 1 is 1.42 bits per heavy atom. The van der Waals surface area contributed by atoms with E-state index in [1.165, 1.54) is 5.56 Å². The van der Waals surface area contributed by atoms with E-state index in [2.05, 4.69) is 33.5 Å². The highest BCUT2D eigenvalue weighted by Gasteiger charge is 2.37. The van der Waals surface area contributed by atoms with Gasteiger partial charge in [-0.3, -0.25) is 4.79 Å². The van der Waals surface area contributed by atoms with Gasteiger partial charge in [0.15, 0.2) is 0 Å². The summed E-state index contributed by atoms with van der Waals surface area (Å²) in [7, 11) is 0. The van der Waals surface area contributed by atoms with Gasteiger partial charge in [-0.25, -0.2) is 0 Å². The lowest BCUT2D eigenvalue weighted by Crippen LogP contribution is -2.44. The molecule has 0 spiro atoms. The highest BCUT2D eigenvalue weighted by Crippen LogP contribution is 2.35. The Morgan fingerprint density at radius 3 is 2.68 bits per heavy atom. The van der Waals surface area contributed by atoms with Crippen LogP contribution in [0.5, 0.6) is 0 Å². The third kappa shape index (κ3) is 3.18. The number of aryl methyl sites for hydroxylation is 1. The first-order valence-corrected chi connectivity index (χ1v) is 7.65. The average Bonchev–Trinajstić information content (AvgIpc) is 2.42. The minimum Gasteiger partial charge on any atom is -0.325 e. The normalized spacial score (nSPS) is 18.1. The summed E-state index contributed by atoms with van der Waals surface area (Å²) in [4.78, 5) is 12.6. The quantitative estimate of drug-likeness (QED) is 0.893. The van der Waals surface area contributed by atoms with Crippen LogP contribution in [0.3, 0.4) is 0 Å². The number of carbonyl (C=O) groups is 1. The summed E-state index contributed by atoms with van der Waals surface area (Å²) in [5, 5.41) is 6.41. The van der Waals surface area contributed by atoms with E-state index >= 15 is 0 Å². The second-order valence-electron chi connectivity index (χ2n) is 5.32. The Balaban J connectivity index is 2.15. The van der Waals surface area contributed by atoms with Crippen LogP contribution in [0.1, 0.15) is 31.7 Å². The fraction of sp³-hybridized carbons (Fsp3) is 0.533. The van der Waals surface area contributed by atoms with E-state index in [0.717, 1.165) is 42.5 Å². The molecule has 1 aromatic rings. The van der Waals surface area contributed by atoms with Gasteiger partial charge in [-0.2, -0.15) is 0 Å². The van der Waals surface area contributed by atoms with Crippen molar-refractivity contribution < 1.29 is 4.79 Å². The largest absolute Gasteiger partial charge is 0.325 e. The van der Waals surface area contributed by atoms with Crippen LogP contribution in [0.15, 0.2) is 22.7 Å². The third-order valence-electron chi connectivity index (χ3n) is 4.09. The van der Waals surface area contributed by atoms with E-state index in [4.69, 9.17) is 0 Å². The number of hydrogen-bond acceptors (Lipinski definition) is 2. The lowest BCUT2D eigenvalue weighted by atomic mass is 9.76. The molecule has 19 heavy (non-hydrogen) atoms. The number of anilines is 1. The van der Waals surface area contributed by atoms with Crippen molar-refractivity contribution in [1.82, 2.24) is 5.32 Å². The van der Waals surface area contributed by atoms with E-state index in [9.17, 15) is 4.79 Å². The van der Waals surface area contributed by atoms with Crippen molar-refractivity contribution in [3.63, 3.8) is 0 Å². The predicted molar refractivity (Wildman–Crippen MR) is 82.3 cm³/mol. The molecule has 1 aliphatic heterocycles. The molecule has 0 saturated carbocycles. The van der Waals surface area contributed by atoms with Crippen LogP contribution in [-0.2, 0) is 4.79 Å². The molecular formula is C15H21BrN2O. The molecule has 1 saturated heterocycles. The number of benzene rings is 1. The molecule has 0 radical (unpaired) electrons. The molecule has 0 bridgehead atoms. The van der Waals surface area contributed by atoms with Gasteiger partial charge in [-0.1, -0.05) is 13.0 Å². The van der Waals surface area contributed by atoms with E-state index in [0.29, 0.717) is 0 Å². The molecule has 1 aromatic carbocycles. The molecule has 2 rings (SSSR count). The Morgan fingerprint density at radius 2 is 2.11 bits per heavy atom. The highest BCUT2D eigenvalue weighted by atomic mass is 79.9. The molecule has 1 amide bonds. The maximum Gasteiger partial charge on any atom is 0.230 e. The molecule has 3 nitrogen and oxygen atoms in total. The minimum absolute atomic E-state index is 0.154. The van der Waals surface area contributed by atoms with Crippen molar-refractivity contribution in [2.24, 2.45) is 5.41 Å². The van der Waals surface area contributed by atoms with Gasteiger partial charge in [0.2, 0.25) is 5.91 Å². The summed E-state index contributed by atoms with van der Waals surface area (Å²) in [6.07, 6.45) is 2.72. The molecule has 1 fully saturated rings. The van der Waals surface area contributed by atoms with Crippen molar-refractivity contribution in [1.29, 1.82) is 0 Å². The Bertz CT molecular complexity index is 467. The Hall–Kier alpha value is -0.870. The SMILES string of the molecule is CCC1(C(=O)Nc2ccc(C)cc2Br)CCNCC1. The molecule has 0 aromatic heterocycles. The number of halogens is 1. The first kappa shape index (κ1) is 14.5.